The molecule has 0 saturated heterocycles. The summed E-state index contributed by atoms with van der Waals surface area (Å²) in [5.74, 6) is 3.12. The summed E-state index contributed by atoms with van der Waals surface area (Å²) in [6.07, 6.45) is 9.40. The van der Waals surface area contributed by atoms with Gasteiger partial charge in [0.2, 0.25) is 0 Å². The second-order valence-electron chi connectivity index (χ2n) is 6.29. The van der Waals surface area contributed by atoms with Gasteiger partial charge in [0.25, 0.3) is 0 Å². The van der Waals surface area contributed by atoms with Crippen LogP contribution in [0, 0.1) is 29.8 Å². The Kier molecular flexibility index (Phi) is 2.35. The van der Waals surface area contributed by atoms with Crippen LogP contribution in [-0.4, -0.2) is 6.10 Å². The summed E-state index contributed by atoms with van der Waals surface area (Å²) in [4.78, 5) is 0. The van der Waals surface area contributed by atoms with Gasteiger partial charge in [0.05, 0.1) is 12.7 Å². The monoisotopic (exact) mass is 207 g/mol. The van der Waals surface area contributed by atoms with Crippen molar-refractivity contribution in [1.29, 1.82) is 0 Å². The molecule has 0 heterocycles. The molecule has 15 heavy (non-hydrogen) atoms. The van der Waals surface area contributed by atoms with Crippen LogP contribution in [0.25, 0.3) is 0 Å². The third-order valence-corrected chi connectivity index (χ3v) is 5.29. The predicted octanol–water partition coefficient (Wildman–Crippen LogP) is 3.79. The largest absolute Gasteiger partial charge is 0.372 e. The Morgan fingerprint density at radius 3 is 1.93 bits per heavy atom. The van der Waals surface area contributed by atoms with Crippen LogP contribution < -0.4 is 0 Å². The standard InChI is InChI=1S/C14H23O/c1-3-15-10(2)14-7-11-4-12(8-14)6-13(5-11)9-14/h3,10-13H,4-9H2,1-2H3. The fourth-order valence-corrected chi connectivity index (χ4v) is 5.02. The Hall–Kier alpha value is -0.0400. The molecule has 0 aromatic rings. The van der Waals surface area contributed by atoms with E-state index in [0.29, 0.717) is 11.5 Å². The molecular formula is C14H23O. The maximum absolute atomic E-state index is 5.80. The lowest BCUT2D eigenvalue weighted by Gasteiger charge is -2.58. The Balaban J connectivity index is 1.80. The highest BCUT2D eigenvalue weighted by Gasteiger charge is 2.53. The van der Waals surface area contributed by atoms with Crippen LogP contribution in [0.5, 0.6) is 0 Å². The lowest BCUT2D eigenvalue weighted by atomic mass is 9.48. The number of hydrogen-bond donors (Lipinski definition) is 0. The highest BCUT2D eigenvalue weighted by molar-refractivity contribution is 5.03. The highest BCUT2D eigenvalue weighted by Crippen LogP contribution is 2.61. The molecule has 1 atom stereocenters. The van der Waals surface area contributed by atoms with Gasteiger partial charge in [-0.1, -0.05) is 0 Å². The average molecular weight is 207 g/mol. The minimum absolute atomic E-state index is 0.455. The minimum Gasteiger partial charge on any atom is -0.372 e. The number of ether oxygens (including phenoxy) is 1. The van der Waals surface area contributed by atoms with E-state index in [2.05, 4.69) is 6.92 Å². The fourth-order valence-electron chi connectivity index (χ4n) is 5.02. The van der Waals surface area contributed by atoms with Gasteiger partial charge in [0, 0.05) is 0 Å². The lowest BCUT2D eigenvalue weighted by Crippen LogP contribution is -2.51. The van der Waals surface area contributed by atoms with Crippen LogP contribution in [0.2, 0.25) is 0 Å². The van der Waals surface area contributed by atoms with E-state index in [1.807, 2.05) is 13.5 Å². The van der Waals surface area contributed by atoms with Crippen LogP contribution in [0.15, 0.2) is 0 Å². The molecule has 4 bridgehead atoms. The second kappa shape index (κ2) is 3.48. The van der Waals surface area contributed by atoms with E-state index in [9.17, 15) is 0 Å². The van der Waals surface area contributed by atoms with Crippen LogP contribution in [0.3, 0.4) is 0 Å². The molecule has 0 amide bonds. The highest BCUT2D eigenvalue weighted by atomic mass is 16.5. The van der Waals surface area contributed by atoms with Gasteiger partial charge in [0.1, 0.15) is 0 Å². The molecule has 0 N–H and O–H groups in total. The predicted molar refractivity (Wildman–Crippen MR) is 61.1 cm³/mol. The molecule has 4 aliphatic carbocycles. The second-order valence-corrected chi connectivity index (χ2v) is 6.29. The van der Waals surface area contributed by atoms with E-state index in [0.717, 1.165) is 17.8 Å². The first-order valence-electron chi connectivity index (χ1n) is 6.65. The molecule has 4 saturated carbocycles. The minimum atomic E-state index is 0.455. The first-order chi connectivity index (χ1) is 7.22. The summed E-state index contributed by atoms with van der Waals surface area (Å²) >= 11 is 0. The maximum atomic E-state index is 5.80. The van der Waals surface area contributed by atoms with Gasteiger partial charge in [-0.25, -0.2) is 0 Å². The van der Waals surface area contributed by atoms with E-state index in [1.54, 1.807) is 0 Å². The van der Waals surface area contributed by atoms with Gasteiger partial charge in [-0.3, -0.25) is 0 Å². The number of rotatable bonds is 3. The smallest absolute Gasteiger partial charge is 0.0809 e. The molecule has 4 aliphatic rings. The Bertz CT molecular complexity index is 210. The molecule has 0 aromatic carbocycles. The summed E-state index contributed by atoms with van der Waals surface area (Å²) in [5, 5.41) is 0. The molecule has 85 valence electrons. The molecule has 4 fully saturated rings. The maximum Gasteiger partial charge on any atom is 0.0809 e. The zero-order valence-electron chi connectivity index (χ0n) is 10.0. The van der Waals surface area contributed by atoms with E-state index < -0.39 is 0 Å². The molecule has 1 unspecified atom stereocenters. The average Bonchev–Trinajstić information content (AvgIpc) is 2.15. The van der Waals surface area contributed by atoms with E-state index in [4.69, 9.17) is 4.74 Å². The van der Waals surface area contributed by atoms with Crippen molar-refractivity contribution >= 4 is 0 Å². The van der Waals surface area contributed by atoms with Crippen molar-refractivity contribution < 1.29 is 4.74 Å². The first-order valence-corrected chi connectivity index (χ1v) is 6.65. The van der Waals surface area contributed by atoms with Crippen molar-refractivity contribution in [3.8, 4) is 0 Å². The molecule has 0 aromatic heterocycles. The Morgan fingerprint density at radius 1 is 1.07 bits per heavy atom. The molecule has 4 rings (SSSR count). The van der Waals surface area contributed by atoms with Crippen molar-refractivity contribution in [2.24, 2.45) is 23.2 Å². The van der Waals surface area contributed by atoms with Gasteiger partial charge in [0.15, 0.2) is 0 Å². The summed E-state index contributed by atoms with van der Waals surface area (Å²) < 4.78 is 5.80. The van der Waals surface area contributed by atoms with Gasteiger partial charge >= 0.3 is 0 Å². The molecule has 0 spiro atoms. The van der Waals surface area contributed by atoms with E-state index in [1.165, 1.54) is 38.5 Å². The van der Waals surface area contributed by atoms with Crippen LogP contribution in [0.4, 0.5) is 0 Å². The molecule has 0 aliphatic heterocycles. The number of hydrogen-bond acceptors (Lipinski definition) is 1. The Morgan fingerprint density at radius 2 is 1.53 bits per heavy atom. The fraction of sp³-hybridized carbons (Fsp3) is 0.929. The topological polar surface area (TPSA) is 9.23 Å². The van der Waals surface area contributed by atoms with E-state index in [-0.39, 0.29) is 0 Å². The SMILES string of the molecule is C[CH]OC(C)C12CC3CC(CC(C3)C1)C2. The van der Waals surface area contributed by atoms with E-state index >= 15 is 0 Å². The molecule has 1 radical (unpaired) electrons. The van der Waals surface area contributed by atoms with Crippen LogP contribution in [-0.2, 0) is 4.74 Å². The normalized spacial score (nSPS) is 49.6. The third kappa shape index (κ3) is 1.54. The summed E-state index contributed by atoms with van der Waals surface area (Å²) in [6.45, 7) is 6.20. The van der Waals surface area contributed by atoms with Crippen molar-refractivity contribution in [2.45, 2.75) is 58.5 Å². The van der Waals surface area contributed by atoms with Crippen LogP contribution in [0.1, 0.15) is 52.4 Å². The van der Waals surface area contributed by atoms with Crippen LogP contribution >= 0.6 is 0 Å². The summed E-state index contributed by atoms with van der Waals surface area (Å²) in [5.41, 5.74) is 0.557. The Labute approximate surface area is 93.6 Å². The summed E-state index contributed by atoms with van der Waals surface area (Å²) in [6, 6.07) is 0. The van der Waals surface area contributed by atoms with Crippen molar-refractivity contribution in [2.75, 3.05) is 0 Å². The van der Waals surface area contributed by atoms with Gasteiger partial charge < -0.3 is 4.74 Å². The van der Waals surface area contributed by atoms with Gasteiger partial charge in [-0.05, 0) is 75.5 Å². The summed E-state index contributed by atoms with van der Waals surface area (Å²) in [7, 11) is 0. The quantitative estimate of drug-likeness (QED) is 0.684. The van der Waals surface area contributed by atoms with Crippen molar-refractivity contribution in [3.05, 3.63) is 6.61 Å². The molecule has 1 heteroatoms. The van der Waals surface area contributed by atoms with Gasteiger partial charge in [-0.2, -0.15) is 0 Å². The molecular weight excluding hydrogens is 184 g/mol. The first kappa shape index (κ1) is 10.1. The van der Waals surface area contributed by atoms with Crippen molar-refractivity contribution in [3.63, 3.8) is 0 Å². The molecule has 1 nitrogen and oxygen atoms in total. The lowest BCUT2D eigenvalue weighted by molar-refractivity contribution is -0.123. The van der Waals surface area contributed by atoms with Crippen molar-refractivity contribution in [1.82, 2.24) is 0 Å². The van der Waals surface area contributed by atoms with Gasteiger partial charge in [-0.15, -0.1) is 0 Å². The third-order valence-electron chi connectivity index (χ3n) is 5.29. The zero-order valence-corrected chi connectivity index (χ0v) is 10.0. The zero-order chi connectivity index (χ0) is 10.5.